The molecule has 1 amide bonds. The van der Waals surface area contributed by atoms with Gasteiger partial charge in [-0.3, -0.25) is 4.79 Å². The molecular formula is C13H17NO2. The molecule has 3 nitrogen and oxygen atoms in total. The van der Waals surface area contributed by atoms with Crippen LogP contribution in [0.25, 0.3) is 0 Å². The van der Waals surface area contributed by atoms with Crippen molar-refractivity contribution in [3.63, 3.8) is 0 Å². The summed E-state index contributed by atoms with van der Waals surface area (Å²) in [6.45, 7) is 1.56. The van der Waals surface area contributed by atoms with Crippen LogP contribution in [0.15, 0.2) is 24.3 Å². The van der Waals surface area contributed by atoms with Gasteiger partial charge in [-0.1, -0.05) is 24.3 Å². The lowest BCUT2D eigenvalue weighted by Gasteiger charge is -2.31. The maximum atomic E-state index is 11.1. The highest BCUT2D eigenvalue weighted by Gasteiger charge is 2.26. The third-order valence-corrected chi connectivity index (χ3v) is 3.10. The number of amides is 1. The molecule has 0 saturated heterocycles. The Kier molecular flexibility index (Phi) is 3.25. The molecule has 1 aromatic carbocycles. The minimum atomic E-state index is 0.0238. The molecule has 0 aliphatic heterocycles. The third kappa shape index (κ3) is 2.09. The Morgan fingerprint density at radius 3 is 2.62 bits per heavy atom. The molecule has 1 N–H and O–H groups in total. The van der Waals surface area contributed by atoms with Crippen LogP contribution in [0.3, 0.4) is 0 Å². The fourth-order valence-corrected chi connectivity index (χ4v) is 2.39. The van der Waals surface area contributed by atoms with E-state index in [0.29, 0.717) is 0 Å². The SMILES string of the molecule is COC1CC[C@H](NC(C)=O)c2ccccc21. The van der Waals surface area contributed by atoms with Gasteiger partial charge in [-0.05, 0) is 24.0 Å². The van der Waals surface area contributed by atoms with E-state index < -0.39 is 0 Å². The second kappa shape index (κ2) is 4.66. The van der Waals surface area contributed by atoms with Gasteiger partial charge in [0.25, 0.3) is 0 Å². The second-order valence-electron chi connectivity index (χ2n) is 4.18. The van der Waals surface area contributed by atoms with Crippen LogP contribution in [-0.2, 0) is 9.53 Å². The second-order valence-corrected chi connectivity index (χ2v) is 4.18. The number of hydrogen-bond acceptors (Lipinski definition) is 2. The van der Waals surface area contributed by atoms with Gasteiger partial charge in [0.2, 0.25) is 5.91 Å². The molecule has 3 heteroatoms. The maximum absolute atomic E-state index is 11.1. The van der Waals surface area contributed by atoms with Crippen molar-refractivity contribution in [2.75, 3.05) is 7.11 Å². The Morgan fingerprint density at radius 2 is 2.00 bits per heavy atom. The largest absolute Gasteiger partial charge is 0.377 e. The van der Waals surface area contributed by atoms with E-state index in [4.69, 9.17) is 4.74 Å². The van der Waals surface area contributed by atoms with E-state index in [1.54, 1.807) is 14.0 Å². The molecule has 1 aliphatic carbocycles. The van der Waals surface area contributed by atoms with Crippen molar-refractivity contribution in [2.45, 2.75) is 31.9 Å². The molecule has 0 radical (unpaired) electrons. The number of nitrogens with one attached hydrogen (secondary N) is 1. The van der Waals surface area contributed by atoms with E-state index >= 15 is 0 Å². The lowest BCUT2D eigenvalue weighted by Crippen LogP contribution is -2.30. The fourth-order valence-electron chi connectivity index (χ4n) is 2.39. The van der Waals surface area contributed by atoms with Crippen LogP contribution in [0.5, 0.6) is 0 Å². The number of carbonyl (C=O) groups excluding carboxylic acids is 1. The Balaban J connectivity index is 2.31. The van der Waals surface area contributed by atoms with Crippen molar-refractivity contribution in [3.05, 3.63) is 35.4 Å². The molecule has 1 aliphatic rings. The number of carbonyl (C=O) groups is 1. The van der Waals surface area contributed by atoms with E-state index in [1.165, 1.54) is 11.1 Å². The van der Waals surface area contributed by atoms with Crippen LogP contribution >= 0.6 is 0 Å². The predicted molar refractivity (Wildman–Crippen MR) is 62.0 cm³/mol. The molecule has 1 aromatic rings. The van der Waals surface area contributed by atoms with Gasteiger partial charge < -0.3 is 10.1 Å². The summed E-state index contributed by atoms with van der Waals surface area (Å²) in [5.74, 6) is 0.0238. The number of methoxy groups -OCH3 is 1. The first-order valence-electron chi connectivity index (χ1n) is 5.61. The Hall–Kier alpha value is -1.35. The normalized spacial score (nSPS) is 23.6. The Bertz CT molecular complexity index is 389. The molecule has 0 bridgehead atoms. The van der Waals surface area contributed by atoms with Gasteiger partial charge in [0.05, 0.1) is 12.1 Å². The van der Waals surface area contributed by atoms with Crippen molar-refractivity contribution in [2.24, 2.45) is 0 Å². The average Bonchev–Trinajstić information content (AvgIpc) is 2.29. The van der Waals surface area contributed by atoms with E-state index in [9.17, 15) is 4.79 Å². The van der Waals surface area contributed by atoms with Crippen molar-refractivity contribution >= 4 is 5.91 Å². The van der Waals surface area contributed by atoms with Crippen molar-refractivity contribution in [1.29, 1.82) is 0 Å². The van der Waals surface area contributed by atoms with Gasteiger partial charge in [0, 0.05) is 14.0 Å². The molecule has 0 saturated carbocycles. The molecule has 86 valence electrons. The molecule has 2 atom stereocenters. The highest BCUT2D eigenvalue weighted by Crippen LogP contribution is 2.37. The summed E-state index contributed by atoms with van der Waals surface area (Å²) in [5, 5.41) is 2.99. The maximum Gasteiger partial charge on any atom is 0.217 e. The van der Waals surface area contributed by atoms with Crippen molar-refractivity contribution < 1.29 is 9.53 Å². The highest BCUT2D eigenvalue weighted by molar-refractivity contribution is 5.73. The monoisotopic (exact) mass is 219 g/mol. The van der Waals surface area contributed by atoms with E-state index in [0.717, 1.165) is 12.8 Å². The van der Waals surface area contributed by atoms with Crippen LogP contribution in [0.2, 0.25) is 0 Å². The van der Waals surface area contributed by atoms with E-state index in [1.807, 2.05) is 12.1 Å². The minimum Gasteiger partial charge on any atom is -0.377 e. The Labute approximate surface area is 95.8 Å². The molecule has 2 rings (SSSR count). The summed E-state index contributed by atoms with van der Waals surface area (Å²) in [7, 11) is 1.74. The molecular weight excluding hydrogens is 202 g/mol. The summed E-state index contributed by atoms with van der Waals surface area (Å²) in [4.78, 5) is 11.1. The first kappa shape index (κ1) is 11.1. The van der Waals surface area contributed by atoms with Crippen LogP contribution < -0.4 is 5.32 Å². The van der Waals surface area contributed by atoms with E-state index in [-0.39, 0.29) is 18.1 Å². The number of fused-ring (bicyclic) bond motifs is 1. The van der Waals surface area contributed by atoms with Crippen LogP contribution in [0.1, 0.15) is 43.0 Å². The lowest BCUT2D eigenvalue weighted by atomic mass is 9.85. The van der Waals surface area contributed by atoms with Crippen LogP contribution in [0.4, 0.5) is 0 Å². The smallest absolute Gasteiger partial charge is 0.217 e. The van der Waals surface area contributed by atoms with Gasteiger partial charge in [-0.15, -0.1) is 0 Å². The summed E-state index contributed by atoms with van der Waals surface area (Å²) in [6.07, 6.45) is 2.06. The summed E-state index contributed by atoms with van der Waals surface area (Å²) in [6, 6.07) is 8.31. The first-order valence-corrected chi connectivity index (χ1v) is 5.61. The van der Waals surface area contributed by atoms with Crippen LogP contribution in [-0.4, -0.2) is 13.0 Å². The van der Waals surface area contributed by atoms with Gasteiger partial charge in [0.15, 0.2) is 0 Å². The van der Waals surface area contributed by atoms with Gasteiger partial charge in [-0.2, -0.15) is 0 Å². The zero-order valence-corrected chi connectivity index (χ0v) is 9.69. The number of ether oxygens (including phenoxy) is 1. The van der Waals surface area contributed by atoms with E-state index in [2.05, 4.69) is 17.4 Å². The minimum absolute atomic E-state index is 0.0238. The molecule has 0 fully saturated rings. The number of benzene rings is 1. The zero-order chi connectivity index (χ0) is 11.5. The molecule has 0 heterocycles. The molecule has 0 spiro atoms. The highest BCUT2D eigenvalue weighted by atomic mass is 16.5. The zero-order valence-electron chi connectivity index (χ0n) is 9.69. The summed E-state index contributed by atoms with van der Waals surface area (Å²) in [5.41, 5.74) is 2.39. The summed E-state index contributed by atoms with van der Waals surface area (Å²) < 4.78 is 5.46. The molecule has 0 aromatic heterocycles. The number of rotatable bonds is 2. The van der Waals surface area contributed by atoms with Gasteiger partial charge >= 0.3 is 0 Å². The standard InChI is InChI=1S/C13H17NO2/c1-9(15)14-12-7-8-13(16-2)11-6-4-3-5-10(11)12/h3-6,12-13H,7-8H2,1-2H3,(H,14,15)/t12-,13?/m0/s1. The fraction of sp³-hybridized carbons (Fsp3) is 0.462. The topological polar surface area (TPSA) is 38.3 Å². The van der Waals surface area contributed by atoms with Gasteiger partial charge in [-0.25, -0.2) is 0 Å². The Morgan fingerprint density at radius 1 is 1.31 bits per heavy atom. The van der Waals surface area contributed by atoms with Gasteiger partial charge in [0.1, 0.15) is 0 Å². The first-order chi connectivity index (χ1) is 7.72. The molecule has 1 unspecified atom stereocenters. The van der Waals surface area contributed by atoms with Crippen molar-refractivity contribution in [3.8, 4) is 0 Å². The predicted octanol–water partition coefficient (Wildman–Crippen LogP) is 2.35. The summed E-state index contributed by atoms with van der Waals surface area (Å²) >= 11 is 0. The molecule has 16 heavy (non-hydrogen) atoms. The average molecular weight is 219 g/mol. The van der Waals surface area contributed by atoms with Crippen LogP contribution in [0, 0.1) is 0 Å². The third-order valence-electron chi connectivity index (χ3n) is 3.10. The number of hydrogen-bond donors (Lipinski definition) is 1. The van der Waals surface area contributed by atoms with Crippen molar-refractivity contribution in [1.82, 2.24) is 5.32 Å². The lowest BCUT2D eigenvalue weighted by molar-refractivity contribution is -0.119. The quantitative estimate of drug-likeness (QED) is 0.829.